The number of amides is 1. The number of carbonyl (C=O) groups is 1. The van der Waals surface area contributed by atoms with Crippen LogP contribution < -0.4 is 5.32 Å². The monoisotopic (exact) mass is 321 g/mol. The molecule has 0 spiro atoms. The SMILES string of the molecule is CC[C@@H](C)NC(=O)CN1CCN(Cc2nc(C3CC3)no2)CC1. The molecule has 1 aromatic rings. The highest BCUT2D eigenvalue weighted by Gasteiger charge is 2.29. The smallest absolute Gasteiger partial charge is 0.240 e. The molecule has 1 atom stereocenters. The normalized spacial score (nSPS) is 21.3. The molecule has 128 valence electrons. The molecule has 3 rings (SSSR count). The summed E-state index contributed by atoms with van der Waals surface area (Å²) >= 11 is 0. The van der Waals surface area contributed by atoms with Gasteiger partial charge in [0.2, 0.25) is 11.8 Å². The molecule has 7 heteroatoms. The summed E-state index contributed by atoms with van der Waals surface area (Å²) < 4.78 is 5.34. The lowest BCUT2D eigenvalue weighted by atomic mass is 10.2. The first kappa shape index (κ1) is 16.4. The highest BCUT2D eigenvalue weighted by atomic mass is 16.5. The van der Waals surface area contributed by atoms with E-state index in [1.165, 1.54) is 12.8 Å². The van der Waals surface area contributed by atoms with Gasteiger partial charge in [0.1, 0.15) is 0 Å². The number of rotatable bonds is 7. The Hall–Kier alpha value is -1.47. The van der Waals surface area contributed by atoms with Gasteiger partial charge < -0.3 is 9.84 Å². The molecule has 0 bridgehead atoms. The van der Waals surface area contributed by atoms with Crippen molar-refractivity contribution in [2.45, 2.75) is 51.6 Å². The fourth-order valence-electron chi connectivity index (χ4n) is 2.76. The highest BCUT2D eigenvalue weighted by molar-refractivity contribution is 5.78. The number of nitrogens with zero attached hydrogens (tertiary/aromatic N) is 4. The van der Waals surface area contributed by atoms with Gasteiger partial charge in [0.15, 0.2) is 5.82 Å². The van der Waals surface area contributed by atoms with Crippen molar-refractivity contribution >= 4 is 5.91 Å². The Morgan fingerprint density at radius 3 is 2.65 bits per heavy atom. The average molecular weight is 321 g/mol. The van der Waals surface area contributed by atoms with E-state index in [4.69, 9.17) is 4.52 Å². The summed E-state index contributed by atoms with van der Waals surface area (Å²) in [6, 6.07) is 0.252. The average Bonchev–Trinajstić information content (AvgIpc) is 3.29. The zero-order chi connectivity index (χ0) is 16.2. The van der Waals surface area contributed by atoms with Crippen LogP contribution in [0, 0.1) is 0 Å². The Labute approximate surface area is 137 Å². The van der Waals surface area contributed by atoms with Crippen LogP contribution in [0.5, 0.6) is 0 Å². The number of carbonyl (C=O) groups excluding carboxylic acids is 1. The van der Waals surface area contributed by atoms with Crippen molar-refractivity contribution in [3.05, 3.63) is 11.7 Å². The van der Waals surface area contributed by atoms with Crippen molar-refractivity contribution in [1.29, 1.82) is 0 Å². The number of hydrogen-bond acceptors (Lipinski definition) is 6. The van der Waals surface area contributed by atoms with Crippen molar-refractivity contribution < 1.29 is 9.32 Å². The van der Waals surface area contributed by atoms with Gasteiger partial charge in [-0.25, -0.2) is 0 Å². The van der Waals surface area contributed by atoms with Gasteiger partial charge in [-0.2, -0.15) is 4.98 Å². The maximum Gasteiger partial charge on any atom is 0.240 e. The molecule has 1 aromatic heterocycles. The molecule has 2 heterocycles. The molecule has 0 aromatic carbocycles. The van der Waals surface area contributed by atoms with Crippen LogP contribution in [0.3, 0.4) is 0 Å². The van der Waals surface area contributed by atoms with E-state index in [0.717, 1.165) is 44.3 Å². The van der Waals surface area contributed by atoms with Gasteiger partial charge in [0.25, 0.3) is 0 Å². The number of aromatic nitrogens is 2. The minimum Gasteiger partial charge on any atom is -0.353 e. The summed E-state index contributed by atoms with van der Waals surface area (Å²) in [5.74, 6) is 2.25. The van der Waals surface area contributed by atoms with Gasteiger partial charge in [0.05, 0.1) is 13.1 Å². The molecular weight excluding hydrogens is 294 g/mol. The van der Waals surface area contributed by atoms with Crippen LogP contribution in [0.1, 0.15) is 50.7 Å². The Bertz CT molecular complexity index is 520. The maximum absolute atomic E-state index is 11.9. The topological polar surface area (TPSA) is 74.5 Å². The number of piperazine rings is 1. The van der Waals surface area contributed by atoms with Crippen LogP contribution in [0.4, 0.5) is 0 Å². The second-order valence-electron chi connectivity index (χ2n) is 6.75. The molecule has 1 saturated heterocycles. The second-order valence-corrected chi connectivity index (χ2v) is 6.75. The van der Waals surface area contributed by atoms with E-state index in [-0.39, 0.29) is 11.9 Å². The van der Waals surface area contributed by atoms with E-state index < -0.39 is 0 Å². The van der Waals surface area contributed by atoms with Gasteiger partial charge >= 0.3 is 0 Å². The Balaban J connectivity index is 1.38. The molecular formula is C16H27N5O2. The predicted octanol–water partition coefficient (Wildman–Crippen LogP) is 0.979. The Morgan fingerprint density at radius 2 is 2.00 bits per heavy atom. The molecule has 1 saturated carbocycles. The fourth-order valence-corrected chi connectivity index (χ4v) is 2.76. The molecule has 23 heavy (non-hydrogen) atoms. The highest BCUT2D eigenvalue weighted by Crippen LogP contribution is 2.38. The minimum absolute atomic E-state index is 0.124. The Morgan fingerprint density at radius 1 is 1.30 bits per heavy atom. The van der Waals surface area contributed by atoms with E-state index >= 15 is 0 Å². The third kappa shape index (κ3) is 4.75. The lowest BCUT2D eigenvalue weighted by Crippen LogP contribution is -2.49. The van der Waals surface area contributed by atoms with Crippen LogP contribution in [0.25, 0.3) is 0 Å². The van der Waals surface area contributed by atoms with Crippen LogP contribution >= 0.6 is 0 Å². The molecule has 7 nitrogen and oxygen atoms in total. The zero-order valence-corrected chi connectivity index (χ0v) is 14.1. The first-order valence-electron chi connectivity index (χ1n) is 8.70. The van der Waals surface area contributed by atoms with Crippen molar-refractivity contribution in [2.75, 3.05) is 32.7 Å². The van der Waals surface area contributed by atoms with Gasteiger partial charge in [-0.15, -0.1) is 0 Å². The van der Waals surface area contributed by atoms with E-state index in [1.807, 2.05) is 6.92 Å². The first-order chi connectivity index (χ1) is 11.1. The standard InChI is InChI=1S/C16H27N5O2/c1-3-12(2)17-14(22)10-20-6-8-21(9-7-20)11-15-18-16(19-23-15)13-4-5-13/h12-13H,3-11H2,1-2H3,(H,17,22)/t12-/m1/s1. The quantitative estimate of drug-likeness (QED) is 0.807. The third-order valence-corrected chi connectivity index (χ3v) is 4.64. The van der Waals surface area contributed by atoms with Crippen LogP contribution in [0.2, 0.25) is 0 Å². The lowest BCUT2D eigenvalue weighted by Gasteiger charge is -2.33. The summed E-state index contributed by atoms with van der Waals surface area (Å²) in [7, 11) is 0. The lowest BCUT2D eigenvalue weighted by molar-refractivity contribution is -0.123. The second kappa shape index (κ2) is 7.40. The first-order valence-corrected chi connectivity index (χ1v) is 8.70. The summed E-state index contributed by atoms with van der Waals surface area (Å²) in [5, 5.41) is 7.08. The van der Waals surface area contributed by atoms with Gasteiger partial charge in [0, 0.05) is 38.1 Å². The fraction of sp³-hybridized carbons (Fsp3) is 0.812. The summed E-state index contributed by atoms with van der Waals surface area (Å²) in [4.78, 5) is 20.9. The van der Waals surface area contributed by atoms with Crippen LogP contribution in [-0.4, -0.2) is 64.6 Å². The zero-order valence-electron chi connectivity index (χ0n) is 14.1. The third-order valence-electron chi connectivity index (χ3n) is 4.64. The van der Waals surface area contributed by atoms with Gasteiger partial charge in [-0.3, -0.25) is 14.6 Å². The van der Waals surface area contributed by atoms with Gasteiger partial charge in [-0.1, -0.05) is 12.1 Å². The van der Waals surface area contributed by atoms with Crippen LogP contribution in [-0.2, 0) is 11.3 Å². The van der Waals surface area contributed by atoms with Crippen molar-refractivity contribution in [3.8, 4) is 0 Å². The van der Waals surface area contributed by atoms with Crippen molar-refractivity contribution in [3.63, 3.8) is 0 Å². The van der Waals surface area contributed by atoms with Crippen molar-refractivity contribution in [1.82, 2.24) is 25.3 Å². The van der Waals surface area contributed by atoms with E-state index in [0.29, 0.717) is 19.0 Å². The maximum atomic E-state index is 11.9. The molecule has 0 unspecified atom stereocenters. The summed E-state index contributed by atoms with van der Waals surface area (Å²) in [6.07, 6.45) is 3.35. The molecule has 1 aliphatic carbocycles. The summed E-state index contributed by atoms with van der Waals surface area (Å²) in [6.45, 7) is 8.98. The number of nitrogens with one attached hydrogen (secondary N) is 1. The minimum atomic E-state index is 0.124. The van der Waals surface area contributed by atoms with Crippen molar-refractivity contribution in [2.24, 2.45) is 0 Å². The molecule has 1 N–H and O–H groups in total. The van der Waals surface area contributed by atoms with Gasteiger partial charge in [-0.05, 0) is 26.2 Å². The van der Waals surface area contributed by atoms with E-state index in [2.05, 4.69) is 32.2 Å². The predicted molar refractivity (Wildman–Crippen MR) is 85.9 cm³/mol. The molecule has 1 aliphatic heterocycles. The van der Waals surface area contributed by atoms with E-state index in [1.54, 1.807) is 0 Å². The molecule has 1 amide bonds. The Kier molecular flexibility index (Phi) is 5.27. The summed E-state index contributed by atoms with van der Waals surface area (Å²) in [5.41, 5.74) is 0. The largest absolute Gasteiger partial charge is 0.353 e. The molecule has 2 fully saturated rings. The number of hydrogen-bond donors (Lipinski definition) is 1. The van der Waals surface area contributed by atoms with E-state index in [9.17, 15) is 4.79 Å². The van der Waals surface area contributed by atoms with Crippen LogP contribution in [0.15, 0.2) is 4.52 Å². The molecule has 0 radical (unpaired) electrons. The molecule has 2 aliphatic rings.